The number of halogens is 1. The number of aryl methyl sites for hydroxylation is 1. The molecule has 1 unspecified atom stereocenters. The Hall–Kier alpha value is -1.87. The van der Waals surface area contributed by atoms with Crippen LogP contribution in [-0.4, -0.2) is 11.7 Å². The van der Waals surface area contributed by atoms with Crippen molar-refractivity contribution in [1.82, 2.24) is 0 Å². The highest BCUT2D eigenvalue weighted by Gasteiger charge is 2.23. The highest BCUT2D eigenvalue weighted by Crippen LogP contribution is 2.23. The molecule has 0 spiro atoms. The second kappa shape index (κ2) is 5.41. The van der Waals surface area contributed by atoms with Gasteiger partial charge in [0.25, 0.3) is 0 Å². The fraction of sp³-hybridized carbons (Fsp3) is 0.250. The third kappa shape index (κ3) is 3.32. The van der Waals surface area contributed by atoms with Crippen molar-refractivity contribution in [3.63, 3.8) is 0 Å². The van der Waals surface area contributed by atoms with Crippen LogP contribution in [0.25, 0.3) is 0 Å². The normalized spacial score (nSPS) is 13.9. The van der Waals surface area contributed by atoms with E-state index in [4.69, 9.17) is 4.74 Å². The minimum Gasteiger partial charge on any atom is -0.490 e. The van der Waals surface area contributed by atoms with E-state index in [1.807, 2.05) is 30.3 Å². The average Bonchev–Trinajstić information content (AvgIpc) is 2.41. The first-order chi connectivity index (χ1) is 8.99. The van der Waals surface area contributed by atoms with Gasteiger partial charge in [0.2, 0.25) is 0 Å². The lowest BCUT2D eigenvalue weighted by Crippen LogP contribution is -2.29. The van der Waals surface area contributed by atoms with Crippen LogP contribution in [0.3, 0.4) is 0 Å². The standard InChI is InChI=1S/C16H17FO2/c1-12-10-14(8-9-15(12)17)19-11-16(2,18)13-6-4-3-5-7-13/h3-10,18H,11H2,1-2H3. The largest absolute Gasteiger partial charge is 0.490 e. The molecule has 2 aromatic carbocycles. The van der Waals surface area contributed by atoms with Crippen molar-refractivity contribution in [3.05, 3.63) is 65.5 Å². The molecule has 1 N–H and O–H groups in total. The van der Waals surface area contributed by atoms with Crippen LogP contribution < -0.4 is 4.74 Å². The number of hydrogen-bond acceptors (Lipinski definition) is 2. The molecule has 2 aromatic rings. The van der Waals surface area contributed by atoms with E-state index in [-0.39, 0.29) is 12.4 Å². The third-order valence-corrected chi connectivity index (χ3v) is 3.04. The van der Waals surface area contributed by atoms with Gasteiger partial charge in [-0.2, -0.15) is 0 Å². The van der Waals surface area contributed by atoms with Crippen molar-refractivity contribution < 1.29 is 14.2 Å². The second-order valence-electron chi connectivity index (χ2n) is 4.84. The number of ether oxygens (including phenoxy) is 1. The predicted molar refractivity (Wildman–Crippen MR) is 72.6 cm³/mol. The van der Waals surface area contributed by atoms with Crippen LogP contribution in [0.1, 0.15) is 18.1 Å². The van der Waals surface area contributed by atoms with Crippen LogP contribution in [0.5, 0.6) is 5.75 Å². The van der Waals surface area contributed by atoms with Crippen LogP contribution in [0.4, 0.5) is 4.39 Å². The van der Waals surface area contributed by atoms with Gasteiger partial charge < -0.3 is 9.84 Å². The molecule has 2 rings (SSSR count). The van der Waals surface area contributed by atoms with Gasteiger partial charge >= 0.3 is 0 Å². The monoisotopic (exact) mass is 260 g/mol. The molecule has 0 heterocycles. The maximum Gasteiger partial charge on any atom is 0.126 e. The van der Waals surface area contributed by atoms with E-state index in [1.165, 1.54) is 6.07 Å². The molecule has 0 bridgehead atoms. The zero-order valence-corrected chi connectivity index (χ0v) is 11.1. The Morgan fingerprint density at radius 3 is 2.47 bits per heavy atom. The molecular weight excluding hydrogens is 243 g/mol. The summed E-state index contributed by atoms with van der Waals surface area (Å²) in [6.45, 7) is 3.48. The Balaban J connectivity index is 2.07. The lowest BCUT2D eigenvalue weighted by atomic mass is 9.97. The van der Waals surface area contributed by atoms with Gasteiger partial charge in [0.05, 0.1) is 0 Å². The van der Waals surface area contributed by atoms with Gasteiger partial charge in [-0.15, -0.1) is 0 Å². The SMILES string of the molecule is Cc1cc(OCC(C)(O)c2ccccc2)ccc1F. The van der Waals surface area contributed by atoms with Gasteiger partial charge in [-0.1, -0.05) is 30.3 Å². The summed E-state index contributed by atoms with van der Waals surface area (Å²) in [5.41, 5.74) is 0.231. The Bertz CT molecular complexity index is 550. The van der Waals surface area contributed by atoms with Gasteiger partial charge in [0.15, 0.2) is 0 Å². The minimum atomic E-state index is -1.08. The summed E-state index contributed by atoms with van der Waals surface area (Å²) >= 11 is 0. The summed E-state index contributed by atoms with van der Waals surface area (Å²) in [6, 6.07) is 13.9. The van der Waals surface area contributed by atoms with Crippen LogP contribution in [-0.2, 0) is 5.60 Å². The maximum atomic E-state index is 13.1. The first-order valence-electron chi connectivity index (χ1n) is 6.16. The van der Waals surface area contributed by atoms with Gasteiger partial charge in [-0.05, 0) is 43.2 Å². The van der Waals surface area contributed by atoms with Crippen molar-refractivity contribution in [2.45, 2.75) is 19.4 Å². The van der Waals surface area contributed by atoms with E-state index in [2.05, 4.69) is 0 Å². The fourth-order valence-electron chi connectivity index (χ4n) is 1.81. The molecule has 0 saturated carbocycles. The van der Waals surface area contributed by atoms with Crippen molar-refractivity contribution in [3.8, 4) is 5.75 Å². The molecule has 3 heteroatoms. The van der Waals surface area contributed by atoms with E-state index >= 15 is 0 Å². The number of hydrogen-bond donors (Lipinski definition) is 1. The first-order valence-corrected chi connectivity index (χ1v) is 6.16. The average molecular weight is 260 g/mol. The zero-order valence-electron chi connectivity index (χ0n) is 11.1. The minimum absolute atomic E-state index is 0.113. The third-order valence-electron chi connectivity index (χ3n) is 3.04. The van der Waals surface area contributed by atoms with Crippen molar-refractivity contribution >= 4 is 0 Å². The lowest BCUT2D eigenvalue weighted by Gasteiger charge is -2.24. The molecule has 0 aliphatic heterocycles. The number of rotatable bonds is 4. The second-order valence-corrected chi connectivity index (χ2v) is 4.84. The van der Waals surface area contributed by atoms with Crippen molar-refractivity contribution in [1.29, 1.82) is 0 Å². The van der Waals surface area contributed by atoms with Crippen molar-refractivity contribution in [2.75, 3.05) is 6.61 Å². The lowest BCUT2D eigenvalue weighted by molar-refractivity contribution is 0.00756. The molecule has 0 aliphatic carbocycles. The molecule has 0 amide bonds. The molecule has 2 nitrogen and oxygen atoms in total. The summed E-state index contributed by atoms with van der Waals surface area (Å²) in [5.74, 6) is 0.289. The zero-order chi connectivity index (χ0) is 13.9. The van der Waals surface area contributed by atoms with Gasteiger partial charge in [0, 0.05) is 0 Å². The fourth-order valence-corrected chi connectivity index (χ4v) is 1.81. The molecular formula is C16H17FO2. The van der Waals surface area contributed by atoms with Gasteiger partial charge in [0.1, 0.15) is 23.8 Å². The summed E-state index contributed by atoms with van der Waals surface area (Å²) in [4.78, 5) is 0. The predicted octanol–water partition coefficient (Wildman–Crippen LogP) is 3.42. The van der Waals surface area contributed by atoms with Gasteiger partial charge in [-0.25, -0.2) is 4.39 Å². The molecule has 0 aliphatic rings. The van der Waals surface area contributed by atoms with E-state index < -0.39 is 5.60 Å². The summed E-state index contributed by atoms with van der Waals surface area (Å²) in [6.07, 6.45) is 0. The highest BCUT2D eigenvalue weighted by atomic mass is 19.1. The van der Waals surface area contributed by atoms with Crippen LogP contribution in [0.2, 0.25) is 0 Å². The highest BCUT2D eigenvalue weighted by molar-refractivity contribution is 5.29. The Kier molecular flexibility index (Phi) is 3.86. The van der Waals surface area contributed by atoms with Gasteiger partial charge in [-0.3, -0.25) is 0 Å². The van der Waals surface area contributed by atoms with E-state index in [1.54, 1.807) is 26.0 Å². The Labute approximate surface area is 112 Å². The molecule has 100 valence electrons. The van der Waals surface area contributed by atoms with Crippen LogP contribution >= 0.6 is 0 Å². The number of aliphatic hydroxyl groups is 1. The van der Waals surface area contributed by atoms with E-state index in [0.29, 0.717) is 11.3 Å². The molecule has 0 fully saturated rings. The number of benzene rings is 2. The molecule has 0 radical (unpaired) electrons. The summed E-state index contributed by atoms with van der Waals surface area (Å²) < 4.78 is 18.7. The molecule has 0 saturated heterocycles. The van der Waals surface area contributed by atoms with Crippen LogP contribution in [0, 0.1) is 12.7 Å². The smallest absolute Gasteiger partial charge is 0.126 e. The first kappa shape index (κ1) is 13.6. The topological polar surface area (TPSA) is 29.5 Å². The maximum absolute atomic E-state index is 13.1. The Morgan fingerprint density at radius 1 is 1.16 bits per heavy atom. The van der Waals surface area contributed by atoms with E-state index in [0.717, 1.165) is 5.56 Å². The Morgan fingerprint density at radius 2 is 1.84 bits per heavy atom. The molecule has 0 aromatic heterocycles. The quantitative estimate of drug-likeness (QED) is 0.912. The van der Waals surface area contributed by atoms with Crippen molar-refractivity contribution in [2.24, 2.45) is 0 Å². The summed E-state index contributed by atoms with van der Waals surface area (Å²) in [7, 11) is 0. The molecule has 1 atom stereocenters. The molecule has 19 heavy (non-hydrogen) atoms. The summed E-state index contributed by atoms with van der Waals surface area (Å²) in [5, 5.41) is 10.4. The van der Waals surface area contributed by atoms with E-state index in [9.17, 15) is 9.50 Å². The van der Waals surface area contributed by atoms with Crippen LogP contribution in [0.15, 0.2) is 48.5 Å².